The number of aromatic nitrogens is 4. The summed E-state index contributed by atoms with van der Waals surface area (Å²) in [6.45, 7) is 0.0955. The SMILES string of the molecule is C#C.CN=CC=NCc1c(C(=O)Nc2ccc(Oc3ccnc4cc(O)ccc34)cn2)c(=O)n(-c2ccccc2)n1C. The molecule has 5 rings (SSSR count). The first kappa shape index (κ1) is 29.0. The van der Waals surface area contributed by atoms with Gasteiger partial charge in [0, 0.05) is 44.2 Å². The van der Waals surface area contributed by atoms with Gasteiger partial charge >= 0.3 is 0 Å². The minimum atomic E-state index is -0.606. The molecule has 1 amide bonds. The molecule has 42 heavy (non-hydrogen) atoms. The highest BCUT2D eigenvalue weighted by Gasteiger charge is 2.25. The standard InChI is InChI=1S/C29H25N7O4.C2H2/c1-30-14-15-31-18-24-27(29(39)36(35(24)2)19-6-4-3-5-7-19)28(38)34-26-11-9-21(17-33-26)40-25-12-13-32-23-16-20(37)8-10-22(23)25;1-2/h3-17,37H,18H2,1-2H3,(H,33,34,38);1-2H. The molecular weight excluding hydrogens is 534 g/mol. The summed E-state index contributed by atoms with van der Waals surface area (Å²) in [5.41, 5.74) is 1.12. The van der Waals surface area contributed by atoms with Gasteiger partial charge in [0.25, 0.3) is 11.5 Å². The smallest absolute Gasteiger partial charge is 0.284 e. The second-order valence-electron chi connectivity index (χ2n) is 8.64. The third-order valence-corrected chi connectivity index (χ3v) is 6.07. The lowest BCUT2D eigenvalue weighted by Gasteiger charge is -2.10. The lowest BCUT2D eigenvalue weighted by Crippen LogP contribution is -2.25. The number of carbonyl (C=O) groups excluding carboxylic acids is 1. The molecule has 0 aliphatic heterocycles. The zero-order chi connectivity index (χ0) is 30.1. The molecule has 0 bridgehead atoms. The number of nitrogens with zero attached hydrogens (tertiary/aromatic N) is 6. The fourth-order valence-corrected chi connectivity index (χ4v) is 4.19. The van der Waals surface area contributed by atoms with E-state index in [-0.39, 0.29) is 23.7 Å². The maximum atomic E-state index is 13.5. The molecule has 11 heteroatoms. The first-order valence-electron chi connectivity index (χ1n) is 12.6. The molecule has 2 N–H and O–H groups in total. The van der Waals surface area contributed by atoms with E-state index in [1.165, 1.54) is 23.3 Å². The molecule has 0 aliphatic carbocycles. The Kier molecular flexibility index (Phi) is 9.22. The lowest BCUT2D eigenvalue weighted by atomic mass is 10.2. The maximum Gasteiger partial charge on any atom is 0.284 e. The van der Waals surface area contributed by atoms with Gasteiger partial charge in [-0.15, -0.1) is 12.8 Å². The van der Waals surface area contributed by atoms with Crippen LogP contribution in [0.25, 0.3) is 16.6 Å². The van der Waals surface area contributed by atoms with Gasteiger partial charge in [-0.25, -0.2) is 9.67 Å². The van der Waals surface area contributed by atoms with Crippen molar-refractivity contribution in [2.45, 2.75) is 6.54 Å². The third kappa shape index (κ3) is 6.24. The van der Waals surface area contributed by atoms with Crippen LogP contribution < -0.4 is 15.6 Å². The molecule has 0 atom stereocenters. The van der Waals surface area contributed by atoms with E-state index in [0.29, 0.717) is 28.4 Å². The van der Waals surface area contributed by atoms with Crippen molar-refractivity contribution in [3.05, 3.63) is 101 Å². The summed E-state index contributed by atoms with van der Waals surface area (Å²) in [4.78, 5) is 43.5. The molecule has 5 aromatic rings. The quantitative estimate of drug-likeness (QED) is 0.213. The van der Waals surface area contributed by atoms with Gasteiger partial charge in [-0.1, -0.05) is 18.2 Å². The van der Waals surface area contributed by atoms with E-state index in [1.807, 2.05) is 18.2 Å². The number of para-hydroxylation sites is 1. The summed E-state index contributed by atoms with van der Waals surface area (Å²) >= 11 is 0. The summed E-state index contributed by atoms with van der Waals surface area (Å²) in [5, 5.41) is 13.1. The number of terminal acetylenes is 1. The number of amides is 1. The number of nitrogens with one attached hydrogen (secondary N) is 1. The van der Waals surface area contributed by atoms with Crippen LogP contribution in [0.1, 0.15) is 16.1 Å². The summed E-state index contributed by atoms with van der Waals surface area (Å²) in [6.07, 6.45) is 14.1. The average Bonchev–Trinajstić information content (AvgIpc) is 3.26. The first-order chi connectivity index (χ1) is 20.5. The largest absolute Gasteiger partial charge is 0.508 e. The molecular formula is C31H27N7O4. The highest BCUT2D eigenvalue weighted by molar-refractivity contribution is 6.16. The summed E-state index contributed by atoms with van der Waals surface area (Å²) < 4.78 is 9.02. The highest BCUT2D eigenvalue weighted by atomic mass is 16.5. The highest BCUT2D eigenvalue weighted by Crippen LogP contribution is 2.30. The van der Waals surface area contributed by atoms with Gasteiger partial charge in [0.2, 0.25) is 0 Å². The summed E-state index contributed by atoms with van der Waals surface area (Å²) in [5.74, 6) is 0.706. The normalized spacial score (nSPS) is 11.0. The second-order valence-corrected chi connectivity index (χ2v) is 8.64. The van der Waals surface area contributed by atoms with Crippen molar-refractivity contribution >= 4 is 35.1 Å². The van der Waals surface area contributed by atoms with E-state index < -0.39 is 11.5 Å². The topological polar surface area (TPSA) is 136 Å². The van der Waals surface area contributed by atoms with Gasteiger partial charge in [0.1, 0.15) is 28.6 Å². The number of anilines is 1. The van der Waals surface area contributed by atoms with E-state index in [9.17, 15) is 14.7 Å². The predicted molar refractivity (Wildman–Crippen MR) is 163 cm³/mol. The van der Waals surface area contributed by atoms with Crippen LogP contribution in [0.15, 0.2) is 93.9 Å². The number of carbonyl (C=O) groups is 1. The van der Waals surface area contributed by atoms with Crippen LogP contribution in [-0.2, 0) is 13.6 Å². The number of ether oxygens (including phenoxy) is 1. The van der Waals surface area contributed by atoms with Crippen molar-refractivity contribution in [1.29, 1.82) is 0 Å². The van der Waals surface area contributed by atoms with Crippen LogP contribution in [0.3, 0.4) is 0 Å². The molecule has 2 aromatic carbocycles. The molecule has 0 spiro atoms. The molecule has 210 valence electrons. The monoisotopic (exact) mass is 561 g/mol. The van der Waals surface area contributed by atoms with Crippen LogP contribution in [0.4, 0.5) is 5.82 Å². The number of phenols is 1. The second kappa shape index (κ2) is 13.4. The molecule has 0 aliphatic rings. The van der Waals surface area contributed by atoms with Gasteiger partial charge < -0.3 is 15.2 Å². The number of aliphatic imine (C=N–C) groups is 2. The van der Waals surface area contributed by atoms with E-state index in [4.69, 9.17) is 4.74 Å². The molecule has 3 aromatic heterocycles. The molecule has 0 fully saturated rings. The minimum Gasteiger partial charge on any atom is -0.508 e. The summed E-state index contributed by atoms with van der Waals surface area (Å²) in [7, 11) is 3.33. The van der Waals surface area contributed by atoms with Crippen LogP contribution in [0.2, 0.25) is 0 Å². The van der Waals surface area contributed by atoms with Gasteiger partial charge in [-0.2, -0.15) is 0 Å². The number of hydrogen-bond donors (Lipinski definition) is 2. The van der Waals surface area contributed by atoms with Crippen molar-refractivity contribution in [2.24, 2.45) is 17.0 Å². The molecule has 0 saturated carbocycles. The number of hydrogen-bond acceptors (Lipinski definition) is 8. The zero-order valence-corrected chi connectivity index (χ0v) is 22.9. The van der Waals surface area contributed by atoms with E-state index in [2.05, 4.69) is 38.1 Å². The van der Waals surface area contributed by atoms with Crippen LogP contribution in [0.5, 0.6) is 17.2 Å². The Morgan fingerprint density at radius 1 is 1.07 bits per heavy atom. The Labute approximate surface area is 241 Å². The maximum absolute atomic E-state index is 13.5. The number of aromatic hydroxyl groups is 1. The Morgan fingerprint density at radius 2 is 1.86 bits per heavy atom. The number of benzene rings is 2. The molecule has 0 saturated heterocycles. The van der Waals surface area contributed by atoms with Crippen molar-refractivity contribution < 1.29 is 14.6 Å². The number of pyridine rings is 2. The van der Waals surface area contributed by atoms with E-state index >= 15 is 0 Å². The van der Waals surface area contributed by atoms with Crippen LogP contribution >= 0.6 is 0 Å². The number of fused-ring (bicyclic) bond motifs is 1. The molecule has 3 heterocycles. The Hall–Kier alpha value is -6.02. The minimum absolute atomic E-state index is 0.0365. The van der Waals surface area contributed by atoms with Crippen molar-refractivity contribution in [1.82, 2.24) is 19.3 Å². The van der Waals surface area contributed by atoms with Gasteiger partial charge in [0.15, 0.2) is 0 Å². The Balaban J connectivity index is 0.00000198. The van der Waals surface area contributed by atoms with Gasteiger partial charge in [-0.3, -0.25) is 29.2 Å². The fraction of sp³-hybridized carbons (Fsp3) is 0.0968. The predicted octanol–water partition coefficient (Wildman–Crippen LogP) is 4.39. The lowest BCUT2D eigenvalue weighted by molar-refractivity contribution is 0.102. The fourth-order valence-electron chi connectivity index (χ4n) is 4.19. The zero-order valence-electron chi connectivity index (χ0n) is 22.9. The molecule has 11 nitrogen and oxygen atoms in total. The van der Waals surface area contributed by atoms with E-state index in [1.54, 1.807) is 73.5 Å². The van der Waals surface area contributed by atoms with Crippen molar-refractivity contribution in [3.8, 4) is 35.8 Å². The molecule has 0 radical (unpaired) electrons. The van der Waals surface area contributed by atoms with E-state index in [0.717, 1.165) is 5.39 Å². The van der Waals surface area contributed by atoms with Crippen molar-refractivity contribution in [2.75, 3.05) is 12.4 Å². The van der Waals surface area contributed by atoms with Gasteiger partial charge in [0.05, 0.1) is 29.6 Å². The van der Waals surface area contributed by atoms with Gasteiger partial charge in [-0.05, 0) is 42.5 Å². The Bertz CT molecular complexity index is 1840. The summed E-state index contributed by atoms with van der Waals surface area (Å²) in [6, 6.07) is 18.8. The van der Waals surface area contributed by atoms with Crippen LogP contribution in [-0.4, -0.2) is 49.8 Å². The number of phenolic OH excluding ortho intramolecular Hbond substituents is 1. The Morgan fingerprint density at radius 3 is 2.57 bits per heavy atom. The van der Waals surface area contributed by atoms with Crippen molar-refractivity contribution in [3.63, 3.8) is 0 Å². The number of rotatable bonds is 8. The van der Waals surface area contributed by atoms with Crippen LogP contribution in [0, 0.1) is 12.8 Å². The molecule has 0 unspecified atom stereocenters. The third-order valence-electron chi connectivity index (χ3n) is 6.07. The first-order valence-corrected chi connectivity index (χ1v) is 12.6. The average molecular weight is 562 g/mol.